The summed E-state index contributed by atoms with van der Waals surface area (Å²) in [4.78, 5) is 44.7. The summed E-state index contributed by atoms with van der Waals surface area (Å²) in [6.45, 7) is 2.85. The van der Waals surface area contributed by atoms with Crippen molar-refractivity contribution in [3.63, 3.8) is 0 Å². The third-order valence-electron chi connectivity index (χ3n) is 5.88. The molecule has 1 fully saturated rings. The maximum atomic E-state index is 11.5. The Bertz CT molecular complexity index is 1510. The van der Waals surface area contributed by atoms with Gasteiger partial charge in [-0.3, -0.25) is 20.1 Å². The van der Waals surface area contributed by atoms with Gasteiger partial charge in [-0.05, 0) is 18.2 Å². The summed E-state index contributed by atoms with van der Waals surface area (Å²) in [5.41, 5.74) is 2.43. The number of nitrogens with zero attached hydrogens (tertiary/aromatic N) is 7. The highest BCUT2D eigenvalue weighted by Gasteiger charge is 2.22. The van der Waals surface area contributed by atoms with Crippen LogP contribution >= 0.6 is 11.3 Å². The molecule has 3 aromatic heterocycles. The van der Waals surface area contributed by atoms with E-state index in [0.29, 0.717) is 55.7 Å². The lowest BCUT2D eigenvalue weighted by atomic mass is 10.1. The number of ether oxygens (including phenoxy) is 1. The van der Waals surface area contributed by atoms with Gasteiger partial charge in [0.1, 0.15) is 0 Å². The van der Waals surface area contributed by atoms with Crippen molar-refractivity contribution in [3.8, 4) is 17.1 Å². The highest BCUT2D eigenvalue weighted by molar-refractivity contribution is 7.19. The van der Waals surface area contributed by atoms with Crippen LogP contribution in [0.1, 0.15) is 15.2 Å². The van der Waals surface area contributed by atoms with Gasteiger partial charge < -0.3 is 19.6 Å². The molecule has 1 aliphatic heterocycles. The molecule has 15 heteroatoms. The third kappa shape index (κ3) is 5.02. The standard InChI is InChI=1S/C23H22N8O6S/c1-29(23-24-10-14(11-25-23)22(33)28-34)12-15-9-16-19(38-15)21(30-4-6-37-7-5-30)27-20(26-16)13-2-3-17(31(35)36)18(32)8-13/h2-3,8-11,32,34H,4-7,12H2,1H3,(H,28,33). The molecular weight excluding hydrogens is 516 g/mol. The van der Waals surface area contributed by atoms with E-state index in [1.807, 2.05) is 18.0 Å². The van der Waals surface area contributed by atoms with Crippen LogP contribution in [-0.4, -0.2) is 74.4 Å². The number of hydroxylamine groups is 1. The quantitative estimate of drug-likeness (QED) is 0.178. The van der Waals surface area contributed by atoms with Gasteiger partial charge in [-0.15, -0.1) is 11.3 Å². The van der Waals surface area contributed by atoms with E-state index in [4.69, 9.17) is 19.9 Å². The van der Waals surface area contributed by atoms with Crippen molar-refractivity contribution in [2.75, 3.05) is 43.2 Å². The van der Waals surface area contributed by atoms with E-state index in [1.165, 1.54) is 41.9 Å². The number of carbonyl (C=O) groups is 1. The predicted octanol–water partition coefficient (Wildman–Crippen LogP) is 2.35. The number of hydrogen-bond acceptors (Lipinski definition) is 13. The molecule has 1 aromatic carbocycles. The molecular formula is C23H22N8O6S. The van der Waals surface area contributed by atoms with Gasteiger partial charge in [0.15, 0.2) is 17.4 Å². The molecule has 1 amide bonds. The molecule has 0 aliphatic carbocycles. The van der Waals surface area contributed by atoms with Gasteiger partial charge in [-0.25, -0.2) is 25.4 Å². The zero-order valence-electron chi connectivity index (χ0n) is 20.1. The first kappa shape index (κ1) is 25.2. The van der Waals surface area contributed by atoms with E-state index < -0.39 is 22.3 Å². The number of nitro groups is 1. The SMILES string of the molecule is CN(Cc1cc2nc(-c3ccc([N+](=O)[O-])c(O)c3)nc(N3CCOCC3)c2s1)c1ncc(C(=O)NO)cn1. The van der Waals surface area contributed by atoms with Crippen molar-refractivity contribution in [2.24, 2.45) is 0 Å². The number of morpholine rings is 1. The minimum absolute atomic E-state index is 0.127. The van der Waals surface area contributed by atoms with Gasteiger partial charge in [0.2, 0.25) is 5.95 Å². The maximum Gasteiger partial charge on any atom is 0.310 e. The number of aromatic nitrogens is 4. The molecule has 0 saturated carbocycles. The smallest absolute Gasteiger partial charge is 0.310 e. The van der Waals surface area contributed by atoms with Gasteiger partial charge in [0.05, 0.1) is 40.5 Å². The maximum absolute atomic E-state index is 11.5. The van der Waals surface area contributed by atoms with Crippen LogP contribution < -0.4 is 15.3 Å². The van der Waals surface area contributed by atoms with Gasteiger partial charge in [0, 0.05) is 49.0 Å². The number of anilines is 2. The van der Waals surface area contributed by atoms with E-state index >= 15 is 0 Å². The van der Waals surface area contributed by atoms with Crippen LogP contribution in [0.2, 0.25) is 0 Å². The number of benzene rings is 1. The first-order valence-corrected chi connectivity index (χ1v) is 12.2. The Labute approximate surface area is 219 Å². The minimum Gasteiger partial charge on any atom is -0.502 e. The first-order valence-electron chi connectivity index (χ1n) is 11.4. The monoisotopic (exact) mass is 538 g/mol. The molecule has 38 heavy (non-hydrogen) atoms. The topological polar surface area (TPSA) is 180 Å². The molecule has 4 heterocycles. The summed E-state index contributed by atoms with van der Waals surface area (Å²) in [6, 6.07) is 5.98. The van der Waals surface area contributed by atoms with E-state index in [1.54, 1.807) is 5.48 Å². The number of fused-ring (bicyclic) bond motifs is 1. The number of rotatable bonds is 7. The van der Waals surface area contributed by atoms with Crippen LogP contribution in [0.4, 0.5) is 17.5 Å². The molecule has 4 aromatic rings. The average molecular weight is 539 g/mol. The Morgan fingerprint density at radius 1 is 1.24 bits per heavy atom. The van der Waals surface area contributed by atoms with E-state index in [9.17, 15) is 20.0 Å². The van der Waals surface area contributed by atoms with Crippen molar-refractivity contribution in [3.05, 3.63) is 57.2 Å². The van der Waals surface area contributed by atoms with Crippen LogP contribution in [0, 0.1) is 10.1 Å². The highest BCUT2D eigenvalue weighted by Crippen LogP contribution is 2.36. The average Bonchev–Trinajstić information content (AvgIpc) is 3.34. The van der Waals surface area contributed by atoms with Crippen molar-refractivity contribution >= 4 is 44.9 Å². The zero-order valence-corrected chi connectivity index (χ0v) is 20.9. The number of amides is 1. The predicted molar refractivity (Wildman–Crippen MR) is 138 cm³/mol. The lowest BCUT2D eigenvalue weighted by Gasteiger charge is -2.28. The number of phenols is 1. The molecule has 1 aliphatic rings. The second-order valence-electron chi connectivity index (χ2n) is 8.43. The molecule has 3 N–H and O–H groups in total. The lowest BCUT2D eigenvalue weighted by molar-refractivity contribution is -0.385. The first-order chi connectivity index (χ1) is 18.3. The fraction of sp³-hybridized carbons (Fsp3) is 0.261. The van der Waals surface area contributed by atoms with E-state index in [-0.39, 0.29) is 5.56 Å². The number of aromatic hydroxyl groups is 1. The highest BCUT2D eigenvalue weighted by atomic mass is 32.1. The molecule has 5 rings (SSSR count). The normalized spacial score (nSPS) is 13.5. The number of hydrogen-bond donors (Lipinski definition) is 3. The number of phenolic OH excluding ortho intramolecular Hbond substituents is 1. The number of carbonyl (C=O) groups excluding carboxylic acids is 1. The van der Waals surface area contributed by atoms with Gasteiger partial charge in [-0.2, -0.15) is 0 Å². The fourth-order valence-corrected chi connectivity index (χ4v) is 5.15. The van der Waals surface area contributed by atoms with Gasteiger partial charge in [-0.1, -0.05) is 0 Å². The Balaban J connectivity index is 1.50. The van der Waals surface area contributed by atoms with Gasteiger partial charge >= 0.3 is 5.69 Å². The van der Waals surface area contributed by atoms with Crippen LogP contribution in [0.25, 0.3) is 21.6 Å². The van der Waals surface area contributed by atoms with Crippen molar-refractivity contribution in [2.45, 2.75) is 6.54 Å². The Morgan fingerprint density at radius 2 is 1.97 bits per heavy atom. The van der Waals surface area contributed by atoms with Crippen molar-refractivity contribution in [1.82, 2.24) is 25.4 Å². The van der Waals surface area contributed by atoms with Crippen LogP contribution in [0.5, 0.6) is 5.75 Å². The van der Waals surface area contributed by atoms with Crippen molar-refractivity contribution in [1.29, 1.82) is 0 Å². The molecule has 14 nitrogen and oxygen atoms in total. The van der Waals surface area contributed by atoms with Gasteiger partial charge in [0.25, 0.3) is 5.91 Å². The van der Waals surface area contributed by atoms with E-state index in [0.717, 1.165) is 15.4 Å². The molecule has 0 unspecified atom stereocenters. The fourth-order valence-electron chi connectivity index (χ4n) is 3.98. The molecule has 1 saturated heterocycles. The summed E-state index contributed by atoms with van der Waals surface area (Å²) in [5, 5.41) is 30.0. The molecule has 0 atom stereocenters. The molecule has 0 radical (unpaired) electrons. The number of thiophene rings is 1. The van der Waals surface area contributed by atoms with Crippen LogP contribution in [0.3, 0.4) is 0 Å². The Morgan fingerprint density at radius 3 is 2.63 bits per heavy atom. The zero-order chi connectivity index (χ0) is 26.8. The summed E-state index contributed by atoms with van der Waals surface area (Å²) in [7, 11) is 1.81. The second kappa shape index (κ2) is 10.5. The molecule has 0 bridgehead atoms. The largest absolute Gasteiger partial charge is 0.502 e. The Hall–Kier alpha value is -4.47. The number of nitro benzene ring substituents is 1. The molecule has 0 spiro atoms. The third-order valence-corrected chi connectivity index (χ3v) is 6.99. The summed E-state index contributed by atoms with van der Waals surface area (Å²) in [6.07, 6.45) is 2.65. The van der Waals surface area contributed by atoms with Crippen LogP contribution in [-0.2, 0) is 11.3 Å². The minimum atomic E-state index is -0.699. The van der Waals surface area contributed by atoms with E-state index in [2.05, 4.69) is 14.9 Å². The summed E-state index contributed by atoms with van der Waals surface area (Å²) >= 11 is 1.53. The van der Waals surface area contributed by atoms with Crippen LogP contribution in [0.15, 0.2) is 36.7 Å². The number of nitrogens with one attached hydrogen (secondary N) is 1. The molecule has 196 valence electrons. The Kier molecular flexibility index (Phi) is 6.95. The second-order valence-corrected chi connectivity index (χ2v) is 9.56. The summed E-state index contributed by atoms with van der Waals surface area (Å²) in [5.74, 6) is 0.288. The summed E-state index contributed by atoms with van der Waals surface area (Å²) < 4.78 is 6.37. The lowest BCUT2D eigenvalue weighted by Crippen LogP contribution is -2.36. The van der Waals surface area contributed by atoms with Crippen molar-refractivity contribution < 1.29 is 24.8 Å².